The van der Waals surface area contributed by atoms with Gasteiger partial charge in [-0.25, -0.2) is 0 Å². The van der Waals surface area contributed by atoms with Crippen molar-refractivity contribution in [2.24, 2.45) is 0 Å². The molecule has 4 aromatic rings. The Bertz CT molecular complexity index is 1140. The quantitative estimate of drug-likeness (QED) is 0.317. The van der Waals surface area contributed by atoms with Gasteiger partial charge in [0.05, 0.1) is 0 Å². The summed E-state index contributed by atoms with van der Waals surface area (Å²) in [5.41, 5.74) is 6.62. The van der Waals surface area contributed by atoms with Gasteiger partial charge < -0.3 is 0 Å². The first-order valence-corrected chi connectivity index (χ1v) is 8.37. The van der Waals surface area contributed by atoms with Gasteiger partial charge in [0.2, 0.25) is 0 Å². The second-order valence-corrected chi connectivity index (χ2v) is 6.57. The van der Waals surface area contributed by atoms with Crippen LogP contribution in [0.4, 0.5) is 0 Å². The van der Waals surface area contributed by atoms with Gasteiger partial charge in [0.1, 0.15) is 0 Å². The molecule has 117 valence electrons. The molecule has 1 heteroatoms. The summed E-state index contributed by atoms with van der Waals surface area (Å²) in [6.07, 6.45) is 4.56. The summed E-state index contributed by atoms with van der Waals surface area (Å²) in [6, 6.07) is 26.4. The van der Waals surface area contributed by atoms with Gasteiger partial charge in [-0.05, 0) is 62.9 Å². The maximum atomic E-state index is 2.33. The van der Waals surface area contributed by atoms with E-state index in [9.17, 15) is 0 Å². The van der Waals surface area contributed by atoms with Gasteiger partial charge in [-0.3, -0.25) is 0 Å². The number of hydrogen-bond acceptors (Lipinski definition) is 0. The Balaban J connectivity index is 0.00000157. The van der Waals surface area contributed by atoms with Crippen molar-refractivity contribution in [1.29, 1.82) is 0 Å². The summed E-state index contributed by atoms with van der Waals surface area (Å²) in [7, 11) is 0. The summed E-state index contributed by atoms with van der Waals surface area (Å²) in [6.45, 7) is 2.17. The van der Waals surface area contributed by atoms with Crippen LogP contribution in [0, 0.1) is 6.42 Å². The van der Waals surface area contributed by atoms with Crippen molar-refractivity contribution in [1.82, 2.24) is 0 Å². The molecule has 0 spiro atoms. The molecule has 1 radical (unpaired) electrons. The Hall–Kier alpha value is -1.98. The van der Waals surface area contributed by atoms with Crippen LogP contribution in [0.3, 0.4) is 0 Å². The van der Waals surface area contributed by atoms with Crippen molar-refractivity contribution in [3.63, 3.8) is 0 Å². The number of allylic oxidation sites excluding steroid dienone is 1. The van der Waals surface area contributed by atoms with Crippen LogP contribution in [0.5, 0.6) is 0 Å². The molecule has 0 saturated heterocycles. The molecule has 1 aliphatic rings. The van der Waals surface area contributed by atoms with Crippen molar-refractivity contribution < 1.29 is 26.2 Å². The molecule has 0 nitrogen and oxygen atoms in total. The van der Waals surface area contributed by atoms with Crippen LogP contribution in [-0.2, 0) is 26.2 Å². The first-order valence-electron chi connectivity index (χ1n) is 8.37. The Labute approximate surface area is 167 Å². The molecule has 1 aliphatic carbocycles. The summed E-state index contributed by atoms with van der Waals surface area (Å²) < 4.78 is 0. The zero-order chi connectivity index (χ0) is 16.1. The maximum absolute atomic E-state index is 2.33. The second-order valence-electron chi connectivity index (χ2n) is 6.57. The molecule has 4 aromatic carbocycles. The minimum atomic E-state index is 0. The molecule has 0 atom stereocenters. The number of benzene rings is 4. The topological polar surface area (TPSA) is 0 Å². The normalized spacial score (nSPS) is 12.8. The van der Waals surface area contributed by atoms with E-state index in [-0.39, 0.29) is 26.2 Å². The fourth-order valence-corrected chi connectivity index (χ4v) is 3.82. The summed E-state index contributed by atoms with van der Waals surface area (Å²) in [4.78, 5) is 0. The van der Waals surface area contributed by atoms with E-state index in [1.807, 2.05) is 0 Å². The zero-order valence-electron chi connectivity index (χ0n) is 14.1. The van der Waals surface area contributed by atoms with Gasteiger partial charge >= 0.3 is 0 Å². The van der Waals surface area contributed by atoms with E-state index in [4.69, 9.17) is 0 Å². The molecule has 0 N–H and O–H groups in total. The second kappa shape index (κ2) is 6.39. The molecule has 0 bridgehead atoms. The van der Waals surface area contributed by atoms with Gasteiger partial charge in [-0.15, -0.1) is 0 Å². The maximum Gasteiger partial charge on any atom is 0.0161 e. The molecule has 0 amide bonds. The molecule has 25 heavy (non-hydrogen) atoms. The Kier molecular flexibility index (Phi) is 4.22. The van der Waals surface area contributed by atoms with Gasteiger partial charge in [-0.2, -0.15) is 0 Å². The van der Waals surface area contributed by atoms with Crippen LogP contribution in [0.1, 0.15) is 18.1 Å². The minimum Gasteiger partial charge on any atom is -0.0642 e. The van der Waals surface area contributed by atoms with Crippen LogP contribution < -0.4 is 0 Å². The molecule has 0 aromatic heterocycles. The van der Waals surface area contributed by atoms with E-state index in [1.165, 1.54) is 49.4 Å². The van der Waals surface area contributed by atoms with Crippen molar-refractivity contribution in [3.8, 4) is 11.1 Å². The first kappa shape index (κ1) is 16.5. The van der Waals surface area contributed by atoms with Gasteiger partial charge in [-0.1, -0.05) is 72.3 Å². The third-order valence-electron chi connectivity index (χ3n) is 4.93. The zero-order valence-corrected chi connectivity index (χ0v) is 16.5. The fraction of sp³-hybridized carbons (Fsp3) is 0.0417. The summed E-state index contributed by atoms with van der Waals surface area (Å²) in [5.74, 6) is 0. The van der Waals surface area contributed by atoms with E-state index in [1.54, 1.807) is 0 Å². The molecule has 0 saturated carbocycles. The molecule has 0 unspecified atom stereocenters. The van der Waals surface area contributed by atoms with E-state index in [0.29, 0.717) is 0 Å². The van der Waals surface area contributed by atoms with E-state index >= 15 is 0 Å². The van der Waals surface area contributed by atoms with E-state index < -0.39 is 0 Å². The van der Waals surface area contributed by atoms with E-state index in [0.717, 1.165) is 0 Å². The van der Waals surface area contributed by atoms with Crippen LogP contribution in [0.2, 0.25) is 0 Å². The Morgan fingerprint density at radius 2 is 1.32 bits per heavy atom. The molecule has 0 aliphatic heterocycles. The third-order valence-corrected chi connectivity index (χ3v) is 4.93. The number of hydrogen-bond donors (Lipinski definition) is 0. The molecule has 5 rings (SSSR count). The van der Waals surface area contributed by atoms with Gasteiger partial charge in [0, 0.05) is 32.6 Å². The SMILES string of the molecule is CC1=Cc2c(cccc2-c2cccc3cc4ccccc4cc23)[CH]1.[Zr]. The minimum absolute atomic E-state index is 0. The predicted molar refractivity (Wildman–Crippen MR) is 104 cm³/mol. The van der Waals surface area contributed by atoms with Crippen LogP contribution >= 0.6 is 0 Å². The van der Waals surface area contributed by atoms with Crippen LogP contribution in [0.25, 0.3) is 38.7 Å². The van der Waals surface area contributed by atoms with Crippen LogP contribution in [-0.4, -0.2) is 0 Å². The molecular formula is C24H17Zr. The Morgan fingerprint density at radius 1 is 0.640 bits per heavy atom. The van der Waals surface area contributed by atoms with Crippen LogP contribution in [0.15, 0.2) is 78.4 Å². The molecule has 0 heterocycles. The van der Waals surface area contributed by atoms with Crippen molar-refractivity contribution in [2.75, 3.05) is 0 Å². The smallest absolute Gasteiger partial charge is 0.0161 e. The van der Waals surface area contributed by atoms with Gasteiger partial charge in [0.25, 0.3) is 0 Å². The van der Waals surface area contributed by atoms with Crippen molar-refractivity contribution >= 4 is 27.6 Å². The summed E-state index contributed by atoms with van der Waals surface area (Å²) >= 11 is 0. The predicted octanol–water partition coefficient (Wildman–Crippen LogP) is 6.63. The van der Waals surface area contributed by atoms with Gasteiger partial charge in [0.15, 0.2) is 0 Å². The average molecular weight is 397 g/mol. The monoisotopic (exact) mass is 395 g/mol. The largest absolute Gasteiger partial charge is 0.0642 e. The van der Waals surface area contributed by atoms with Crippen molar-refractivity contribution in [2.45, 2.75) is 6.92 Å². The average Bonchev–Trinajstić information content (AvgIpc) is 2.99. The fourth-order valence-electron chi connectivity index (χ4n) is 3.82. The summed E-state index contributed by atoms with van der Waals surface area (Å²) in [5, 5.41) is 5.21. The number of fused-ring (bicyclic) bond motifs is 3. The van der Waals surface area contributed by atoms with Crippen molar-refractivity contribution in [3.05, 3.63) is 95.9 Å². The number of rotatable bonds is 1. The Morgan fingerprint density at radius 3 is 2.16 bits per heavy atom. The standard InChI is InChI=1S/C24H17.Zr/c1-16-12-19-8-4-10-21(23(19)13-16)22-11-5-9-20-14-17-6-2-3-7-18(17)15-24(20)22;/h2-15H,1H3;. The third kappa shape index (κ3) is 2.72. The first-order chi connectivity index (χ1) is 11.8. The molecular weight excluding hydrogens is 379 g/mol. The molecule has 0 fully saturated rings. The van der Waals surface area contributed by atoms with E-state index in [2.05, 4.69) is 92.2 Å².